The molecule has 0 aliphatic carbocycles. The van der Waals surface area contributed by atoms with Crippen molar-refractivity contribution in [3.63, 3.8) is 0 Å². The molecular formula is C7H12O4. The highest BCUT2D eigenvalue weighted by Gasteiger charge is 1.71. The predicted molar refractivity (Wildman–Crippen MR) is 41.9 cm³/mol. The third-order valence-corrected chi connectivity index (χ3v) is 0.471. The van der Waals surface area contributed by atoms with Crippen LogP contribution in [-0.4, -0.2) is 29.6 Å². The van der Waals surface area contributed by atoms with E-state index in [-0.39, 0.29) is 0 Å². The molecule has 0 amide bonds. The minimum Gasteiger partial charge on any atom is -0.450 e. The second kappa shape index (κ2) is 11.5. The zero-order valence-corrected chi connectivity index (χ0v) is 6.19. The van der Waals surface area contributed by atoms with Gasteiger partial charge in [0, 0.05) is 0 Å². The van der Waals surface area contributed by atoms with Crippen molar-refractivity contribution in [2.45, 2.75) is 0 Å². The van der Waals surface area contributed by atoms with Crippen LogP contribution in [0.2, 0.25) is 0 Å². The molecule has 0 fully saturated rings. The number of carbonyl (C=O) groups is 1. The number of hydrogen-bond donors (Lipinski definition) is 2. The van der Waals surface area contributed by atoms with Gasteiger partial charge in [-0.05, 0) is 0 Å². The molecule has 64 valence electrons. The minimum absolute atomic E-state index is 0.617. The van der Waals surface area contributed by atoms with Gasteiger partial charge in [-0.1, -0.05) is 12.2 Å². The standard InChI is InChI=1S/C6H10O.CH2O3/c1-3-5-7-6-4-2;2-1(3)4/h3-4H,1-2,5-6H2;(H2,2,3,4). The van der Waals surface area contributed by atoms with Gasteiger partial charge in [0.1, 0.15) is 0 Å². The van der Waals surface area contributed by atoms with Crippen LogP contribution in [0.15, 0.2) is 25.3 Å². The monoisotopic (exact) mass is 160 g/mol. The summed E-state index contributed by atoms with van der Waals surface area (Å²) in [5, 5.41) is 13.9. The van der Waals surface area contributed by atoms with Gasteiger partial charge in [0.05, 0.1) is 13.2 Å². The molecule has 0 aromatic carbocycles. The fourth-order valence-corrected chi connectivity index (χ4v) is 0.235. The average Bonchev–Trinajstić information content (AvgIpc) is 1.88. The van der Waals surface area contributed by atoms with Gasteiger partial charge >= 0.3 is 6.16 Å². The van der Waals surface area contributed by atoms with Crippen molar-refractivity contribution >= 4 is 6.16 Å². The molecule has 11 heavy (non-hydrogen) atoms. The first-order chi connectivity index (χ1) is 5.15. The van der Waals surface area contributed by atoms with E-state index in [9.17, 15) is 0 Å². The van der Waals surface area contributed by atoms with Crippen molar-refractivity contribution in [2.75, 3.05) is 13.2 Å². The van der Waals surface area contributed by atoms with Crippen molar-refractivity contribution < 1.29 is 19.7 Å². The average molecular weight is 160 g/mol. The summed E-state index contributed by atoms with van der Waals surface area (Å²) in [7, 11) is 0. The fourth-order valence-electron chi connectivity index (χ4n) is 0.235. The Morgan fingerprint density at radius 1 is 1.27 bits per heavy atom. The molecule has 0 radical (unpaired) electrons. The Balaban J connectivity index is 0. The molecule has 0 aliphatic heterocycles. The van der Waals surface area contributed by atoms with Gasteiger partial charge in [-0.2, -0.15) is 0 Å². The lowest BCUT2D eigenvalue weighted by molar-refractivity contribution is 0.137. The van der Waals surface area contributed by atoms with E-state index in [1.807, 2.05) is 0 Å². The molecule has 0 unspecified atom stereocenters. The van der Waals surface area contributed by atoms with E-state index in [0.717, 1.165) is 0 Å². The molecule has 0 spiro atoms. The SMILES string of the molecule is C=CCOCC=C.O=C(O)O. The highest BCUT2D eigenvalue weighted by atomic mass is 16.6. The summed E-state index contributed by atoms with van der Waals surface area (Å²) in [4.78, 5) is 8.56. The predicted octanol–water partition coefficient (Wildman–Crippen LogP) is 1.60. The Kier molecular flexibility index (Phi) is 13.0. The van der Waals surface area contributed by atoms with Crippen LogP contribution in [0.5, 0.6) is 0 Å². The Hall–Kier alpha value is -1.29. The van der Waals surface area contributed by atoms with Gasteiger partial charge in [0.2, 0.25) is 0 Å². The molecule has 0 bridgehead atoms. The summed E-state index contributed by atoms with van der Waals surface area (Å²) in [5.74, 6) is 0. The summed E-state index contributed by atoms with van der Waals surface area (Å²) in [6.07, 6.45) is 1.59. The molecule has 0 rings (SSSR count). The van der Waals surface area contributed by atoms with E-state index in [1.165, 1.54) is 0 Å². The molecule has 0 aromatic rings. The number of hydrogen-bond acceptors (Lipinski definition) is 2. The summed E-state index contributed by atoms with van der Waals surface area (Å²) in [6, 6.07) is 0. The van der Waals surface area contributed by atoms with Crippen molar-refractivity contribution in [1.82, 2.24) is 0 Å². The molecule has 4 heteroatoms. The number of carboxylic acid groups (broad SMARTS) is 2. The van der Waals surface area contributed by atoms with Crippen LogP contribution in [0.1, 0.15) is 0 Å². The first-order valence-electron chi connectivity index (χ1n) is 2.86. The minimum atomic E-state index is -1.83. The van der Waals surface area contributed by atoms with Gasteiger partial charge in [-0.3, -0.25) is 0 Å². The fraction of sp³-hybridized carbons (Fsp3) is 0.286. The second-order valence-corrected chi connectivity index (χ2v) is 1.40. The van der Waals surface area contributed by atoms with E-state index in [2.05, 4.69) is 13.2 Å². The molecule has 0 saturated heterocycles. The quantitative estimate of drug-likeness (QED) is 0.484. The zero-order valence-electron chi connectivity index (χ0n) is 6.19. The van der Waals surface area contributed by atoms with Crippen LogP contribution in [-0.2, 0) is 4.74 Å². The van der Waals surface area contributed by atoms with Crippen molar-refractivity contribution in [1.29, 1.82) is 0 Å². The highest BCUT2D eigenvalue weighted by molar-refractivity contribution is 5.53. The molecule has 0 aliphatic rings. The van der Waals surface area contributed by atoms with E-state index in [0.29, 0.717) is 13.2 Å². The van der Waals surface area contributed by atoms with E-state index in [4.69, 9.17) is 19.7 Å². The van der Waals surface area contributed by atoms with Gasteiger partial charge in [0.25, 0.3) is 0 Å². The maximum atomic E-state index is 8.56. The molecule has 0 heterocycles. The lowest BCUT2D eigenvalue weighted by Gasteiger charge is -1.89. The molecule has 0 aromatic heterocycles. The van der Waals surface area contributed by atoms with Gasteiger partial charge in [-0.15, -0.1) is 13.2 Å². The van der Waals surface area contributed by atoms with Crippen LogP contribution in [0.25, 0.3) is 0 Å². The first-order valence-corrected chi connectivity index (χ1v) is 2.86. The Bertz CT molecular complexity index is 108. The number of ether oxygens (including phenoxy) is 1. The second-order valence-electron chi connectivity index (χ2n) is 1.40. The summed E-state index contributed by atoms with van der Waals surface area (Å²) < 4.78 is 4.90. The van der Waals surface area contributed by atoms with Crippen LogP contribution >= 0.6 is 0 Å². The topological polar surface area (TPSA) is 66.8 Å². The van der Waals surface area contributed by atoms with Crippen LogP contribution in [0, 0.1) is 0 Å². The maximum Gasteiger partial charge on any atom is 0.503 e. The van der Waals surface area contributed by atoms with Crippen molar-refractivity contribution in [3.8, 4) is 0 Å². The van der Waals surface area contributed by atoms with Crippen LogP contribution in [0.3, 0.4) is 0 Å². The lowest BCUT2D eigenvalue weighted by atomic mass is 10.6. The van der Waals surface area contributed by atoms with Gasteiger partial charge < -0.3 is 14.9 Å². The van der Waals surface area contributed by atoms with Crippen molar-refractivity contribution in [2.24, 2.45) is 0 Å². The normalized spacial score (nSPS) is 7.27. The zero-order chi connectivity index (χ0) is 9.11. The van der Waals surface area contributed by atoms with Gasteiger partial charge in [0.15, 0.2) is 0 Å². The number of rotatable bonds is 4. The first kappa shape index (κ1) is 12.4. The Morgan fingerprint density at radius 2 is 1.55 bits per heavy atom. The van der Waals surface area contributed by atoms with E-state index < -0.39 is 6.16 Å². The smallest absolute Gasteiger partial charge is 0.450 e. The van der Waals surface area contributed by atoms with Crippen LogP contribution < -0.4 is 0 Å². The summed E-state index contributed by atoms with van der Waals surface area (Å²) in [6.45, 7) is 8.18. The molecule has 4 nitrogen and oxygen atoms in total. The van der Waals surface area contributed by atoms with Crippen molar-refractivity contribution in [3.05, 3.63) is 25.3 Å². The third-order valence-electron chi connectivity index (χ3n) is 0.471. The molecule has 2 N–H and O–H groups in total. The van der Waals surface area contributed by atoms with Crippen LogP contribution in [0.4, 0.5) is 4.79 Å². The van der Waals surface area contributed by atoms with E-state index in [1.54, 1.807) is 12.2 Å². The van der Waals surface area contributed by atoms with Gasteiger partial charge in [-0.25, -0.2) is 4.79 Å². The Labute approximate surface area is 65.4 Å². The molecular weight excluding hydrogens is 148 g/mol. The summed E-state index contributed by atoms with van der Waals surface area (Å²) in [5.41, 5.74) is 0. The highest BCUT2D eigenvalue weighted by Crippen LogP contribution is 1.72. The maximum absolute atomic E-state index is 8.56. The Morgan fingerprint density at radius 3 is 1.73 bits per heavy atom. The summed E-state index contributed by atoms with van der Waals surface area (Å²) >= 11 is 0. The van der Waals surface area contributed by atoms with E-state index >= 15 is 0 Å². The third kappa shape index (κ3) is 53.4. The molecule has 0 atom stereocenters. The molecule has 0 saturated carbocycles. The largest absolute Gasteiger partial charge is 0.503 e. The lowest BCUT2D eigenvalue weighted by Crippen LogP contribution is -1.87.